The van der Waals surface area contributed by atoms with Crippen molar-refractivity contribution in [2.24, 2.45) is 0 Å². The van der Waals surface area contributed by atoms with Gasteiger partial charge in [0, 0.05) is 22.5 Å². The molecule has 0 aliphatic rings. The Morgan fingerprint density at radius 3 is 2.15 bits per heavy atom. The van der Waals surface area contributed by atoms with E-state index in [9.17, 15) is 21.6 Å². The predicted octanol–water partition coefficient (Wildman–Crippen LogP) is 3.55. The number of ether oxygens (including phenoxy) is 1. The molecule has 0 heterocycles. The van der Waals surface area contributed by atoms with Crippen LogP contribution in [0.1, 0.15) is 0 Å². The van der Waals surface area contributed by atoms with Crippen LogP contribution >= 0.6 is 11.6 Å². The summed E-state index contributed by atoms with van der Waals surface area (Å²) in [4.78, 5) is 12.5. The number of rotatable bonds is 9. The molecular weight excluding hydrogens is 502 g/mol. The Kier molecular flexibility index (Phi) is 7.70. The molecule has 0 aliphatic heterocycles. The summed E-state index contributed by atoms with van der Waals surface area (Å²) >= 11 is 5.81. The topological polar surface area (TPSA) is 122 Å². The molecule has 0 saturated carbocycles. The van der Waals surface area contributed by atoms with Gasteiger partial charge in [-0.25, -0.2) is 16.8 Å². The molecule has 1 amide bonds. The number of hydrogen-bond acceptors (Lipinski definition) is 6. The quantitative estimate of drug-likeness (QED) is 0.442. The van der Waals surface area contributed by atoms with Crippen molar-refractivity contribution >= 4 is 54.6 Å². The summed E-state index contributed by atoms with van der Waals surface area (Å²) in [6.07, 6.45) is 0.993. The fourth-order valence-electron chi connectivity index (χ4n) is 2.95. The number of nitrogens with zero attached hydrogens (tertiary/aromatic N) is 1. The number of anilines is 3. The van der Waals surface area contributed by atoms with E-state index in [0.29, 0.717) is 22.1 Å². The third-order valence-corrected chi connectivity index (χ3v) is 7.36. The minimum atomic E-state index is -3.86. The highest BCUT2D eigenvalue weighted by Crippen LogP contribution is 2.24. The highest BCUT2D eigenvalue weighted by atomic mass is 35.5. The van der Waals surface area contributed by atoms with Gasteiger partial charge in [-0.1, -0.05) is 17.7 Å². The van der Waals surface area contributed by atoms with Crippen molar-refractivity contribution in [1.29, 1.82) is 0 Å². The van der Waals surface area contributed by atoms with Crippen LogP contribution in [-0.4, -0.2) is 42.7 Å². The van der Waals surface area contributed by atoms with Crippen molar-refractivity contribution in [3.05, 3.63) is 77.8 Å². The summed E-state index contributed by atoms with van der Waals surface area (Å²) in [5.41, 5.74) is 0.918. The highest BCUT2D eigenvalue weighted by molar-refractivity contribution is 7.92. The molecule has 0 aromatic heterocycles. The molecule has 0 radical (unpaired) electrons. The van der Waals surface area contributed by atoms with Crippen molar-refractivity contribution < 1.29 is 26.4 Å². The first-order valence-corrected chi connectivity index (χ1v) is 13.5. The highest BCUT2D eigenvalue weighted by Gasteiger charge is 2.22. The summed E-state index contributed by atoms with van der Waals surface area (Å²) in [6, 6.07) is 18.0. The molecule has 0 spiro atoms. The lowest BCUT2D eigenvalue weighted by atomic mass is 10.3. The normalized spacial score (nSPS) is 11.5. The molecule has 3 rings (SSSR count). The Balaban J connectivity index is 1.71. The van der Waals surface area contributed by atoms with Gasteiger partial charge in [-0.15, -0.1) is 0 Å². The SMILES string of the molecule is COc1cccc(N(CC(=O)Nc2ccc(S(=O)(=O)Nc3ccc(Cl)cc3)cc2)S(C)(=O)=O)c1. The van der Waals surface area contributed by atoms with E-state index >= 15 is 0 Å². The van der Waals surface area contributed by atoms with Gasteiger partial charge in [0.2, 0.25) is 15.9 Å². The van der Waals surface area contributed by atoms with Crippen LogP contribution in [0.4, 0.5) is 17.1 Å². The zero-order valence-corrected chi connectivity index (χ0v) is 20.6. The number of carbonyl (C=O) groups excluding carboxylic acids is 1. The van der Waals surface area contributed by atoms with Crippen molar-refractivity contribution in [1.82, 2.24) is 0 Å². The number of amides is 1. The van der Waals surface area contributed by atoms with Crippen molar-refractivity contribution in [3.63, 3.8) is 0 Å². The molecule has 180 valence electrons. The second kappa shape index (κ2) is 10.3. The maximum Gasteiger partial charge on any atom is 0.261 e. The first kappa shape index (κ1) is 25.3. The fraction of sp³-hybridized carbons (Fsp3) is 0.136. The van der Waals surface area contributed by atoms with Gasteiger partial charge in [-0.3, -0.25) is 13.8 Å². The largest absolute Gasteiger partial charge is 0.497 e. The molecule has 0 atom stereocenters. The first-order valence-electron chi connectivity index (χ1n) is 9.78. The minimum Gasteiger partial charge on any atom is -0.497 e. The third-order valence-electron chi connectivity index (χ3n) is 4.57. The van der Waals surface area contributed by atoms with E-state index in [1.807, 2.05) is 0 Å². The number of methoxy groups -OCH3 is 1. The predicted molar refractivity (Wildman–Crippen MR) is 133 cm³/mol. The molecule has 3 aromatic carbocycles. The van der Waals surface area contributed by atoms with Crippen LogP contribution < -0.4 is 19.1 Å². The van der Waals surface area contributed by atoms with E-state index in [2.05, 4.69) is 10.0 Å². The van der Waals surface area contributed by atoms with E-state index < -0.39 is 32.5 Å². The van der Waals surface area contributed by atoms with Crippen molar-refractivity contribution in [3.8, 4) is 5.75 Å². The average Bonchev–Trinajstić information content (AvgIpc) is 2.78. The first-order chi connectivity index (χ1) is 16.0. The number of hydrogen-bond donors (Lipinski definition) is 2. The van der Waals surface area contributed by atoms with Gasteiger partial charge in [0.15, 0.2) is 0 Å². The van der Waals surface area contributed by atoms with Crippen molar-refractivity contribution in [2.45, 2.75) is 4.90 Å². The van der Waals surface area contributed by atoms with Crippen LogP contribution in [0.5, 0.6) is 5.75 Å². The van der Waals surface area contributed by atoms with Crippen LogP contribution in [0.15, 0.2) is 77.7 Å². The maximum atomic E-state index is 12.6. The average molecular weight is 524 g/mol. The summed E-state index contributed by atoms with van der Waals surface area (Å²) in [7, 11) is -6.18. The van der Waals surface area contributed by atoms with E-state index in [-0.39, 0.29) is 10.6 Å². The molecule has 0 aliphatic carbocycles. The lowest BCUT2D eigenvalue weighted by molar-refractivity contribution is -0.114. The number of halogens is 1. The number of carbonyl (C=O) groups is 1. The molecule has 0 fully saturated rings. The monoisotopic (exact) mass is 523 g/mol. The standard InChI is InChI=1S/C22H22ClN3O6S2/c1-32-20-5-3-4-19(14-20)26(33(2,28)29)15-22(27)24-17-10-12-21(13-11-17)34(30,31)25-18-8-6-16(23)7-9-18/h3-14,25H,15H2,1-2H3,(H,24,27). The van der Waals surface area contributed by atoms with Gasteiger partial charge in [0.25, 0.3) is 10.0 Å². The van der Waals surface area contributed by atoms with Crippen LogP contribution in [0.25, 0.3) is 0 Å². The maximum absolute atomic E-state index is 12.6. The molecule has 9 nitrogen and oxygen atoms in total. The minimum absolute atomic E-state index is 0.0189. The second-order valence-corrected chi connectivity index (χ2v) is 11.2. The van der Waals surface area contributed by atoms with Crippen LogP contribution in [0.2, 0.25) is 5.02 Å². The molecule has 0 bridgehead atoms. The van der Waals surface area contributed by atoms with Gasteiger partial charge in [0.05, 0.1) is 23.9 Å². The molecule has 34 heavy (non-hydrogen) atoms. The molecule has 0 unspecified atom stereocenters. The molecule has 2 N–H and O–H groups in total. The van der Waals surface area contributed by atoms with Crippen LogP contribution in [0, 0.1) is 0 Å². The van der Waals surface area contributed by atoms with E-state index in [0.717, 1.165) is 10.6 Å². The van der Waals surface area contributed by atoms with Gasteiger partial charge in [-0.05, 0) is 60.7 Å². The van der Waals surface area contributed by atoms with E-state index in [1.165, 1.54) is 49.6 Å². The molecule has 0 saturated heterocycles. The lowest BCUT2D eigenvalue weighted by Crippen LogP contribution is -2.37. The Labute approximate surface area is 203 Å². The molecular formula is C22H22ClN3O6S2. The number of sulfonamides is 2. The summed E-state index contributed by atoms with van der Waals surface area (Å²) in [6.45, 7) is -0.482. The van der Waals surface area contributed by atoms with E-state index in [1.54, 1.807) is 30.3 Å². The molecule has 12 heteroatoms. The Bertz CT molecular complexity index is 1380. The summed E-state index contributed by atoms with van der Waals surface area (Å²) < 4.78 is 58.2. The smallest absolute Gasteiger partial charge is 0.261 e. The Morgan fingerprint density at radius 2 is 1.56 bits per heavy atom. The van der Waals surface area contributed by atoms with Gasteiger partial charge in [-0.2, -0.15) is 0 Å². The third kappa shape index (κ3) is 6.62. The zero-order valence-electron chi connectivity index (χ0n) is 18.2. The van der Waals surface area contributed by atoms with Gasteiger partial charge < -0.3 is 10.1 Å². The Hall–Kier alpha value is -3.28. The lowest BCUT2D eigenvalue weighted by Gasteiger charge is -2.22. The summed E-state index contributed by atoms with van der Waals surface area (Å²) in [5, 5.41) is 3.05. The van der Waals surface area contributed by atoms with Crippen LogP contribution in [-0.2, 0) is 24.8 Å². The number of nitrogens with one attached hydrogen (secondary N) is 2. The van der Waals surface area contributed by atoms with Gasteiger partial charge in [0.1, 0.15) is 12.3 Å². The zero-order chi connectivity index (χ0) is 24.9. The summed E-state index contributed by atoms with van der Waals surface area (Å²) in [5.74, 6) is -0.168. The second-order valence-electron chi connectivity index (χ2n) is 7.16. The van der Waals surface area contributed by atoms with Gasteiger partial charge >= 0.3 is 0 Å². The Morgan fingerprint density at radius 1 is 0.941 bits per heavy atom. The number of benzene rings is 3. The van der Waals surface area contributed by atoms with Crippen LogP contribution in [0.3, 0.4) is 0 Å². The van der Waals surface area contributed by atoms with E-state index in [4.69, 9.17) is 16.3 Å². The molecule has 3 aromatic rings. The van der Waals surface area contributed by atoms with Crippen molar-refractivity contribution in [2.75, 3.05) is 34.3 Å². The fourth-order valence-corrected chi connectivity index (χ4v) is 4.98.